The second-order valence-electron chi connectivity index (χ2n) is 9.52. The number of anilines is 1. The number of carbonyl (C=O) groups is 1. The minimum absolute atomic E-state index is 0.0867. The molecule has 0 spiro atoms. The van der Waals surface area contributed by atoms with Crippen molar-refractivity contribution in [3.8, 4) is 0 Å². The lowest BCUT2D eigenvalue weighted by atomic mass is 9.94. The van der Waals surface area contributed by atoms with Crippen LogP contribution in [-0.4, -0.2) is 33.9 Å². The molecule has 0 unspecified atom stereocenters. The van der Waals surface area contributed by atoms with Crippen LogP contribution in [0.25, 0.3) is 0 Å². The third-order valence-electron chi connectivity index (χ3n) is 6.55. The van der Waals surface area contributed by atoms with Gasteiger partial charge in [-0.05, 0) is 48.1 Å². The Hall–Kier alpha value is -2.93. The number of benzene rings is 1. The number of rotatable bonds is 9. The standard InChI is InChI=1S/C28H35N5OS/c1-20(2)25-16-26(33(3)24-9-5-4-6-10-24)32-28(31-25)35-19-21-11-13-23(14-12-21)27(34)30-18-22-8-7-15-29-17-22/h7-8,11-17,20,24H,4-6,9-10,18-19H2,1-3H3,(H,30,34). The topological polar surface area (TPSA) is 71.0 Å². The highest BCUT2D eigenvalue weighted by atomic mass is 32.2. The summed E-state index contributed by atoms with van der Waals surface area (Å²) in [6, 6.07) is 14.3. The first-order chi connectivity index (χ1) is 17.0. The molecule has 1 N–H and O–H groups in total. The van der Waals surface area contributed by atoms with Gasteiger partial charge in [0.1, 0.15) is 5.82 Å². The molecule has 1 aliphatic carbocycles. The van der Waals surface area contributed by atoms with Crippen molar-refractivity contribution in [2.45, 2.75) is 75.4 Å². The van der Waals surface area contributed by atoms with Gasteiger partial charge in [0.25, 0.3) is 5.91 Å². The zero-order valence-electron chi connectivity index (χ0n) is 20.9. The zero-order chi connectivity index (χ0) is 24.6. The summed E-state index contributed by atoms with van der Waals surface area (Å²) in [5.74, 6) is 2.04. The van der Waals surface area contributed by atoms with Crippen LogP contribution in [0.15, 0.2) is 60.0 Å². The van der Waals surface area contributed by atoms with Crippen molar-refractivity contribution < 1.29 is 4.79 Å². The molecule has 3 aromatic rings. The van der Waals surface area contributed by atoms with Crippen LogP contribution in [0.3, 0.4) is 0 Å². The van der Waals surface area contributed by atoms with E-state index in [1.165, 1.54) is 32.1 Å². The summed E-state index contributed by atoms with van der Waals surface area (Å²) in [7, 11) is 2.18. The number of aromatic nitrogens is 3. The zero-order valence-corrected chi connectivity index (χ0v) is 21.7. The van der Waals surface area contributed by atoms with Gasteiger partial charge in [-0.3, -0.25) is 9.78 Å². The first kappa shape index (κ1) is 25.2. The fourth-order valence-corrected chi connectivity index (χ4v) is 5.13. The molecular weight excluding hydrogens is 454 g/mol. The summed E-state index contributed by atoms with van der Waals surface area (Å²) in [6.07, 6.45) is 9.91. The summed E-state index contributed by atoms with van der Waals surface area (Å²) in [6.45, 7) is 4.82. The molecule has 4 rings (SSSR count). The number of nitrogens with zero attached hydrogens (tertiary/aromatic N) is 4. The number of hydrogen-bond donors (Lipinski definition) is 1. The van der Waals surface area contributed by atoms with E-state index in [1.807, 2.05) is 36.4 Å². The van der Waals surface area contributed by atoms with Gasteiger partial charge in [-0.15, -0.1) is 0 Å². The van der Waals surface area contributed by atoms with E-state index in [1.54, 1.807) is 24.2 Å². The molecule has 7 heteroatoms. The van der Waals surface area contributed by atoms with Crippen molar-refractivity contribution in [1.82, 2.24) is 20.3 Å². The minimum Gasteiger partial charge on any atom is -0.357 e. The van der Waals surface area contributed by atoms with Crippen molar-refractivity contribution in [1.29, 1.82) is 0 Å². The third kappa shape index (κ3) is 7.04. The molecule has 184 valence electrons. The summed E-state index contributed by atoms with van der Waals surface area (Å²) in [5.41, 5.74) is 3.85. The Kier molecular flexibility index (Phi) is 8.74. The number of thioether (sulfide) groups is 1. The fraction of sp³-hybridized carbons (Fsp3) is 0.429. The Labute approximate surface area is 213 Å². The van der Waals surface area contributed by atoms with Crippen LogP contribution in [0.5, 0.6) is 0 Å². The fourth-order valence-electron chi connectivity index (χ4n) is 4.31. The average molecular weight is 490 g/mol. The maximum atomic E-state index is 12.5. The first-order valence-corrected chi connectivity index (χ1v) is 13.5. The van der Waals surface area contributed by atoms with E-state index < -0.39 is 0 Å². The molecule has 6 nitrogen and oxygen atoms in total. The highest BCUT2D eigenvalue weighted by Gasteiger charge is 2.21. The lowest BCUT2D eigenvalue weighted by Gasteiger charge is -2.32. The molecule has 0 radical (unpaired) electrons. The monoisotopic (exact) mass is 489 g/mol. The largest absolute Gasteiger partial charge is 0.357 e. The van der Waals surface area contributed by atoms with E-state index in [2.05, 4.69) is 42.2 Å². The van der Waals surface area contributed by atoms with Crippen molar-refractivity contribution in [2.75, 3.05) is 11.9 Å². The van der Waals surface area contributed by atoms with Gasteiger partial charge < -0.3 is 10.2 Å². The van der Waals surface area contributed by atoms with Crippen molar-refractivity contribution in [3.05, 3.63) is 77.2 Å². The number of amides is 1. The second kappa shape index (κ2) is 12.2. The van der Waals surface area contributed by atoms with Gasteiger partial charge >= 0.3 is 0 Å². The number of hydrogen-bond acceptors (Lipinski definition) is 6. The third-order valence-corrected chi connectivity index (χ3v) is 7.47. The molecular formula is C28H35N5OS. The molecule has 2 aromatic heterocycles. The molecule has 1 aromatic carbocycles. The predicted molar refractivity (Wildman–Crippen MR) is 143 cm³/mol. The molecule has 1 fully saturated rings. The SMILES string of the molecule is CC(C)c1cc(N(C)C2CCCCC2)nc(SCc2ccc(C(=O)NCc3cccnc3)cc2)n1. The van der Waals surface area contributed by atoms with E-state index in [0.717, 1.165) is 33.5 Å². The van der Waals surface area contributed by atoms with E-state index in [4.69, 9.17) is 9.97 Å². The quantitative estimate of drug-likeness (QED) is 0.294. The lowest BCUT2D eigenvalue weighted by Crippen LogP contribution is -2.34. The Bertz CT molecular complexity index is 1100. The summed E-state index contributed by atoms with van der Waals surface area (Å²) >= 11 is 1.65. The van der Waals surface area contributed by atoms with Gasteiger partial charge in [-0.1, -0.05) is 63.1 Å². The molecule has 2 heterocycles. The molecule has 1 amide bonds. The average Bonchev–Trinajstić information content (AvgIpc) is 2.91. The van der Waals surface area contributed by atoms with Crippen molar-refractivity contribution in [2.24, 2.45) is 0 Å². The van der Waals surface area contributed by atoms with Crippen molar-refractivity contribution >= 4 is 23.5 Å². The van der Waals surface area contributed by atoms with Crippen LogP contribution in [0.4, 0.5) is 5.82 Å². The lowest BCUT2D eigenvalue weighted by molar-refractivity contribution is 0.0951. The molecule has 0 saturated heterocycles. The van der Waals surface area contributed by atoms with E-state index in [-0.39, 0.29) is 5.91 Å². The maximum Gasteiger partial charge on any atom is 0.251 e. The first-order valence-electron chi connectivity index (χ1n) is 12.5. The van der Waals surface area contributed by atoms with Gasteiger partial charge in [0.2, 0.25) is 0 Å². The van der Waals surface area contributed by atoms with Gasteiger partial charge in [-0.2, -0.15) is 0 Å². The number of pyridine rings is 1. The Morgan fingerprint density at radius 3 is 2.54 bits per heavy atom. The number of nitrogens with one attached hydrogen (secondary N) is 1. The molecule has 0 bridgehead atoms. The van der Waals surface area contributed by atoms with Gasteiger partial charge in [0.05, 0.1) is 0 Å². The Balaban J connectivity index is 1.38. The summed E-state index contributed by atoms with van der Waals surface area (Å²) < 4.78 is 0. The predicted octanol–water partition coefficient (Wildman–Crippen LogP) is 5.99. The molecule has 35 heavy (non-hydrogen) atoms. The highest BCUT2D eigenvalue weighted by Crippen LogP contribution is 2.29. The Morgan fingerprint density at radius 2 is 1.86 bits per heavy atom. The van der Waals surface area contributed by atoms with Gasteiger partial charge in [0.15, 0.2) is 5.16 Å². The summed E-state index contributed by atoms with van der Waals surface area (Å²) in [4.78, 5) is 28.7. The van der Waals surface area contributed by atoms with Crippen LogP contribution in [0, 0.1) is 0 Å². The van der Waals surface area contributed by atoms with Crippen LogP contribution >= 0.6 is 11.8 Å². The number of carbonyl (C=O) groups excluding carboxylic acids is 1. The molecule has 0 aliphatic heterocycles. The van der Waals surface area contributed by atoms with Crippen molar-refractivity contribution in [3.63, 3.8) is 0 Å². The summed E-state index contributed by atoms with van der Waals surface area (Å²) in [5, 5.41) is 3.76. The van der Waals surface area contributed by atoms with Gasteiger partial charge in [0, 0.05) is 55.1 Å². The minimum atomic E-state index is -0.0867. The Morgan fingerprint density at radius 1 is 1.09 bits per heavy atom. The molecule has 1 saturated carbocycles. The van der Waals surface area contributed by atoms with E-state index >= 15 is 0 Å². The molecule has 1 aliphatic rings. The normalized spacial score (nSPS) is 14.2. The van der Waals surface area contributed by atoms with Crippen LogP contribution < -0.4 is 10.2 Å². The smallest absolute Gasteiger partial charge is 0.251 e. The van der Waals surface area contributed by atoms with Crippen LogP contribution in [0.2, 0.25) is 0 Å². The molecule has 0 atom stereocenters. The van der Waals surface area contributed by atoms with Gasteiger partial charge in [-0.25, -0.2) is 9.97 Å². The highest BCUT2D eigenvalue weighted by molar-refractivity contribution is 7.98. The van der Waals surface area contributed by atoms with E-state index in [9.17, 15) is 4.79 Å². The second-order valence-corrected chi connectivity index (χ2v) is 10.5. The maximum absolute atomic E-state index is 12.5. The van der Waals surface area contributed by atoms with E-state index in [0.29, 0.717) is 24.1 Å². The van der Waals surface area contributed by atoms with Crippen LogP contribution in [-0.2, 0) is 12.3 Å². The van der Waals surface area contributed by atoms with Crippen LogP contribution in [0.1, 0.15) is 79.0 Å².